The molecule has 4 nitrogen and oxygen atoms in total. The Morgan fingerprint density at radius 1 is 1.05 bits per heavy atom. The van der Waals surface area contributed by atoms with Crippen molar-refractivity contribution < 1.29 is 0 Å². The lowest BCUT2D eigenvalue weighted by atomic mass is 10.1. The van der Waals surface area contributed by atoms with Crippen molar-refractivity contribution in [3.8, 4) is 0 Å². The van der Waals surface area contributed by atoms with E-state index >= 15 is 0 Å². The SMILES string of the molecule is [N-]=[N+]=NC/C(=C\c1ccccc1)CNCc1ccccc1. The fraction of sp³-hybridized carbons (Fsp3) is 0.176. The summed E-state index contributed by atoms with van der Waals surface area (Å²) in [5, 5.41) is 7.05. The summed E-state index contributed by atoms with van der Waals surface area (Å²) in [6.45, 7) is 1.87. The molecule has 0 radical (unpaired) electrons. The number of hydrogen-bond acceptors (Lipinski definition) is 2. The van der Waals surface area contributed by atoms with Gasteiger partial charge in [0.25, 0.3) is 0 Å². The maximum Gasteiger partial charge on any atom is 0.0485 e. The largest absolute Gasteiger partial charge is 0.309 e. The fourth-order valence-electron chi connectivity index (χ4n) is 2.02. The van der Waals surface area contributed by atoms with Crippen molar-refractivity contribution in [2.24, 2.45) is 5.11 Å². The highest BCUT2D eigenvalue weighted by Gasteiger charge is 1.98. The van der Waals surface area contributed by atoms with E-state index in [1.165, 1.54) is 5.56 Å². The first-order chi connectivity index (χ1) is 10.4. The fourth-order valence-corrected chi connectivity index (χ4v) is 2.02. The Labute approximate surface area is 124 Å². The van der Waals surface area contributed by atoms with Gasteiger partial charge in [0.05, 0.1) is 0 Å². The zero-order chi connectivity index (χ0) is 14.8. The summed E-state index contributed by atoms with van der Waals surface area (Å²) in [5.41, 5.74) is 11.9. The van der Waals surface area contributed by atoms with Crippen LogP contribution in [0.15, 0.2) is 71.4 Å². The smallest absolute Gasteiger partial charge is 0.0485 e. The monoisotopic (exact) mass is 278 g/mol. The minimum absolute atomic E-state index is 0.382. The summed E-state index contributed by atoms with van der Waals surface area (Å²) in [7, 11) is 0. The van der Waals surface area contributed by atoms with Crippen LogP contribution in [0.5, 0.6) is 0 Å². The molecule has 1 N–H and O–H groups in total. The van der Waals surface area contributed by atoms with Gasteiger partial charge in [-0.25, -0.2) is 0 Å². The van der Waals surface area contributed by atoms with E-state index in [1.54, 1.807) is 0 Å². The second-order valence-electron chi connectivity index (χ2n) is 4.69. The standard InChI is InChI=1S/C17H18N4/c18-21-20-14-17(11-15-7-3-1-4-8-15)13-19-12-16-9-5-2-6-10-16/h1-11,19H,12-14H2/b17-11-. The van der Waals surface area contributed by atoms with Crippen LogP contribution in [0.1, 0.15) is 11.1 Å². The normalized spacial score (nSPS) is 11.0. The van der Waals surface area contributed by atoms with Crippen molar-refractivity contribution in [3.05, 3.63) is 87.8 Å². The molecule has 0 heterocycles. The first-order valence-electron chi connectivity index (χ1n) is 6.88. The van der Waals surface area contributed by atoms with Crippen LogP contribution in [0.4, 0.5) is 0 Å². The number of nitrogens with one attached hydrogen (secondary N) is 1. The van der Waals surface area contributed by atoms with Crippen LogP contribution in [0, 0.1) is 0 Å². The van der Waals surface area contributed by atoms with Crippen LogP contribution in [0.2, 0.25) is 0 Å². The molecule has 106 valence electrons. The molecule has 0 saturated heterocycles. The van der Waals surface area contributed by atoms with Crippen LogP contribution in [-0.2, 0) is 6.54 Å². The Morgan fingerprint density at radius 2 is 1.71 bits per heavy atom. The molecule has 2 aromatic rings. The van der Waals surface area contributed by atoms with E-state index in [4.69, 9.17) is 5.53 Å². The molecule has 0 atom stereocenters. The van der Waals surface area contributed by atoms with Crippen molar-refractivity contribution in [3.63, 3.8) is 0 Å². The van der Waals surface area contributed by atoms with E-state index in [2.05, 4.69) is 33.6 Å². The average Bonchev–Trinajstić information content (AvgIpc) is 2.54. The van der Waals surface area contributed by atoms with Gasteiger partial charge < -0.3 is 5.32 Å². The molecular weight excluding hydrogens is 260 g/mol. The van der Waals surface area contributed by atoms with Crippen LogP contribution < -0.4 is 5.32 Å². The molecule has 0 bridgehead atoms. The number of azide groups is 1. The van der Waals surface area contributed by atoms with Gasteiger partial charge >= 0.3 is 0 Å². The summed E-state index contributed by atoms with van der Waals surface area (Å²) in [6, 6.07) is 20.3. The van der Waals surface area contributed by atoms with Gasteiger partial charge in [-0.05, 0) is 16.7 Å². The third-order valence-electron chi connectivity index (χ3n) is 3.03. The number of hydrogen-bond donors (Lipinski definition) is 1. The Kier molecular flexibility index (Phi) is 6.07. The molecule has 0 fully saturated rings. The van der Waals surface area contributed by atoms with E-state index in [-0.39, 0.29) is 0 Å². The summed E-state index contributed by atoms with van der Waals surface area (Å²) in [4.78, 5) is 2.84. The van der Waals surface area contributed by atoms with E-state index in [1.807, 2.05) is 48.5 Å². The van der Waals surface area contributed by atoms with Gasteiger partial charge in [-0.1, -0.05) is 77.4 Å². The average molecular weight is 278 g/mol. The molecule has 0 spiro atoms. The second kappa shape index (κ2) is 8.59. The molecular formula is C17H18N4. The van der Waals surface area contributed by atoms with Gasteiger partial charge in [0.15, 0.2) is 0 Å². The first kappa shape index (κ1) is 14.9. The van der Waals surface area contributed by atoms with Crippen LogP contribution in [0.25, 0.3) is 16.5 Å². The van der Waals surface area contributed by atoms with Gasteiger partial charge in [0.1, 0.15) is 0 Å². The van der Waals surface area contributed by atoms with Gasteiger partial charge in [0, 0.05) is 24.5 Å². The lowest BCUT2D eigenvalue weighted by Crippen LogP contribution is -2.17. The third-order valence-corrected chi connectivity index (χ3v) is 3.03. The van der Waals surface area contributed by atoms with Crippen LogP contribution >= 0.6 is 0 Å². The molecule has 2 aromatic carbocycles. The molecule has 0 aromatic heterocycles. The van der Waals surface area contributed by atoms with Gasteiger partial charge in [-0.2, -0.15) is 0 Å². The molecule has 0 aliphatic rings. The zero-order valence-corrected chi connectivity index (χ0v) is 11.8. The van der Waals surface area contributed by atoms with E-state index < -0.39 is 0 Å². The molecule has 21 heavy (non-hydrogen) atoms. The number of nitrogens with zero attached hydrogens (tertiary/aromatic N) is 3. The maximum atomic E-state index is 8.50. The molecule has 4 heteroatoms. The Hall–Kier alpha value is -2.55. The second-order valence-corrected chi connectivity index (χ2v) is 4.69. The third kappa shape index (κ3) is 5.53. The van der Waals surface area contributed by atoms with Gasteiger partial charge in [0.2, 0.25) is 0 Å². The summed E-state index contributed by atoms with van der Waals surface area (Å²) >= 11 is 0. The zero-order valence-electron chi connectivity index (χ0n) is 11.8. The van der Waals surface area contributed by atoms with Crippen molar-refractivity contribution >= 4 is 6.08 Å². The molecule has 0 saturated carbocycles. The first-order valence-corrected chi connectivity index (χ1v) is 6.88. The molecule has 0 amide bonds. The summed E-state index contributed by atoms with van der Waals surface area (Å²) < 4.78 is 0. The highest BCUT2D eigenvalue weighted by Crippen LogP contribution is 2.07. The highest BCUT2D eigenvalue weighted by molar-refractivity contribution is 5.53. The molecule has 0 aliphatic carbocycles. The topological polar surface area (TPSA) is 60.8 Å². The van der Waals surface area contributed by atoms with E-state index in [9.17, 15) is 0 Å². The Bertz CT molecular complexity index is 614. The Morgan fingerprint density at radius 3 is 2.38 bits per heavy atom. The summed E-state index contributed by atoms with van der Waals surface area (Å²) in [5.74, 6) is 0. The predicted molar refractivity (Wildman–Crippen MR) is 86.6 cm³/mol. The van der Waals surface area contributed by atoms with Crippen LogP contribution in [-0.4, -0.2) is 13.1 Å². The number of rotatable bonds is 7. The van der Waals surface area contributed by atoms with Crippen molar-refractivity contribution in [2.75, 3.05) is 13.1 Å². The lowest BCUT2D eigenvalue weighted by molar-refractivity contribution is 0.733. The quantitative estimate of drug-likeness (QED) is 0.461. The van der Waals surface area contributed by atoms with E-state index in [0.717, 1.165) is 17.7 Å². The van der Waals surface area contributed by atoms with Crippen molar-refractivity contribution in [1.82, 2.24) is 5.32 Å². The minimum atomic E-state index is 0.382. The lowest BCUT2D eigenvalue weighted by Gasteiger charge is -2.07. The van der Waals surface area contributed by atoms with Crippen LogP contribution in [0.3, 0.4) is 0 Å². The molecule has 0 unspecified atom stereocenters. The van der Waals surface area contributed by atoms with E-state index in [0.29, 0.717) is 13.1 Å². The predicted octanol–water partition coefficient (Wildman–Crippen LogP) is 4.17. The van der Waals surface area contributed by atoms with Crippen molar-refractivity contribution in [1.29, 1.82) is 0 Å². The summed E-state index contributed by atoms with van der Waals surface area (Å²) in [6.07, 6.45) is 2.06. The minimum Gasteiger partial charge on any atom is -0.309 e. The van der Waals surface area contributed by atoms with Crippen molar-refractivity contribution in [2.45, 2.75) is 6.54 Å². The van der Waals surface area contributed by atoms with Gasteiger partial charge in [-0.15, -0.1) is 0 Å². The number of benzene rings is 2. The maximum absolute atomic E-state index is 8.50. The highest BCUT2D eigenvalue weighted by atomic mass is 15.1. The molecule has 2 rings (SSSR count). The molecule has 0 aliphatic heterocycles. The van der Waals surface area contributed by atoms with Gasteiger partial charge in [-0.3, -0.25) is 0 Å². The Balaban J connectivity index is 1.96.